The van der Waals surface area contributed by atoms with Crippen LogP contribution in [0.25, 0.3) is 0 Å². The Morgan fingerprint density at radius 3 is 2.32 bits per heavy atom. The number of hydrogen-bond donors (Lipinski definition) is 3. The number of aliphatic carboxylic acids is 1. The van der Waals surface area contributed by atoms with Crippen LogP contribution in [0.2, 0.25) is 0 Å². The molecule has 1 aromatic rings. The van der Waals surface area contributed by atoms with Gasteiger partial charge in [0.15, 0.2) is 0 Å². The topological polar surface area (TPSA) is 114 Å². The van der Waals surface area contributed by atoms with E-state index in [1.807, 2.05) is 24.0 Å². The van der Waals surface area contributed by atoms with Crippen LogP contribution in [0.1, 0.15) is 25.3 Å². The summed E-state index contributed by atoms with van der Waals surface area (Å²) in [5.74, 6) is -0.702. The van der Waals surface area contributed by atoms with E-state index in [0.717, 1.165) is 38.2 Å². The van der Waals surface area contributed by atoms with E-state index in [4.69, 9.17) is 16.2 Å². The molecule has 154 valence electrons. The molecule has 2 saturated heterocycles. The molecule has 0 radical (unpaired) electrons. The summed E-state index contributed by atoms with van der Waals surface area (Å²) in [6, 6.07) is 7.31. The average Bonchev–Trinajstić information content (AvgIpc) is 2.64. The van der Waals surface area contributed by atoms with Crippen LogP contribution in [0.5, 0.6) is 0 Å². The van der Waals surface area contributed by atoms with Gasteiger partial charge < -0.3 is 15.7 Å². The normalized spacial score (nSPS) is 22.0. The van der Waals surface area contributed by atoms with Crippen LogP contribution in [0.15, 0.2) is 24.3 Å². The van der Waals surface area contributed by atoms with E-state index < -0.39 is 5.97 Å². The Labute approximate surface area is 171 Å². The standard InChI is InChI=1S/C19H27N5O3.ClH/c1-13-19(27)24(15-4-2-14(3-5-15)18(20)21)11-10-23(13)16-6-8-22(9-7-16)12-17(25)26;/h2-5,13,16H,6-12H2,1H3,(H3,20,21)(H,25,26);1H. The molecule has 0 saturated carbocycles. The maximum absolute atomic E-state index is 12.9. The van der Waals surface area contributed by atoms with Crippen molar-refractivity contribution in [2.45, 2.75) is 31.8 Å². The predicted octanol–water partition coefficient (Wildman–Crippen LogP) is 0.979. The van der Waals surface area contributed by atoms with Crippen molar-refractivity contribution in [2.24, 2.45) is 5.73 Å². The lowest BCUT2D eigenvalue weighted by Crippen LogP contribution is -2.60. The summed E-state index contributed by atoms with van der Waals surface area (Å²) in [5, 5.41) is 16.4. The number of halogens is 1. The average molecular weight is 410 g/mol. The summed E-state index contributed by atoms with van der Waals surface area (Å²) in [6.07, 6.45) is 1.77. The molecular weight excluding hydrogens is 382 g/mol. The molecule has 1 atom stereocenters. The molecular formula is C19H28ClN5O3. The summed E-state index contributed by atoms with van der Waals surface area (Å²) in [5.41, 5.74) is 6.96. The molecule has 1 aromatic carbocycles. The van der Waals surface area contributed by atoms with Gasteiger partial charge in [0.2, 0.25) is 5.91 Å². The predicted molar refractivity (Wildman–Crippen MR) is 110 cm³/mol. The van der Waals surface area contributed by atoms with Crippen LogP contribution >= 0.6 is 12.4 Å². The van der Waals surface area contributed by atoms with E-state index in [-0.39, 0.29) is 36.7 Å². The number of nitrogens with one attached hydrogen (secondary N) is 1. The number of carbonyl (C=O) groups excluding carboxylic acids is 1. The molecule has 4 N–H and O–H groups in total. The van der Waals surface area contributed by atoms with E-state index in [9.17, 15) is 9.59 Å². The smallest absolute Gasteiger partial charge is 0.317 e. The highest BCUT2D eigenvalue weighted by Crippen LogP contribution is 2.25. The lowest BCUT2D eigenvalue weighted by atomic mass is 9.99. The number of nitrogens with two attached hydrogens (primary N) is 1. The van der Waals surface area contributed by atoms with Crippen molar-refractivity contribution in [1.82, 2.24) is 9.80 Å². The fraction of sp³-hybridized carbons (Fsp3) is 0.526. The molecule has 0 bridgehead atoms. The molecule has 0 aromatic heterocycles. The van der Waals surface area contributed by atoms with Crippen molar-refractivity contribution >= 4 is 35.8 Å². The van der Waals surface area contributed by atoms with Crippen molar-refractivity contribution in [3.05, 3.63) is 29.8 Å². The SMILES string of the molecule is CC1C(=O)N(c2ccc(C(=N)N)cc2)CCN1C1CCN(CC(=O)O)CC1.Cl. The molecule has 8 nitrogen and oxygen atoms in total. The van der Waals surface area contributed by atoms with Crippen LogP contribution in [-0.4, -0.2) is 77.4 Å². The van der Waals surface area contributed by atoms with E-state index in [2.05, 4.69) is 4.90 Å². The Morgan fingerprint density at radius 1 is 1.18 bits per heavy atom. The van der Waals surface area contributed by atoms with Crippen LogP contribution in [0.3, 0.4) is 0 Å². The van der Waals surface area contributed by atoms with Gasteiger partial charge in [-0.15, -0.1) is 12.4 Å². The first-order valence-corrected chi connectivity index (χ1v) is 9.32. The molecule has 2 heterocycles. The molecule has 0 spiro atoms. The quantitative estimate of drug-likeness (QED) is 0.493. The van der Waals surface area contributed by atoms with Crippen LogP contribution in [-0.2, 0) is 9.59 Å². The minimum absolute atomic E-state index is 0. The number of carboxylic acids is 1. The van der Waals surface area contributed by atoms with E-state index in [1.165, 1.54) is 0 Å². The van der Waals surface area contributed by atoms with Crippen molar-refractivity contribution in [3.8, 4) is 0 Å². The number of piperazine rings is 1. The monoisotopic (exact) mass is 409 g/mol. The first-order valence-electron chi connectivity index (χ1n) is 9.32. The van der Waals surface area contributed by atoms with Crippen molar-refractivity contribution in [2.75, 3.05) is 37.6 Å². The van der Waals surface area contributed by atoms with E-state index in [1.54, 1.807) is 17.0 Å². The molecule has 2 aliphatic heterocycles. The van der Waals surface area contributed by atoms with Crippen molar-refractivity contribution in [3.63, 3.8) is 0 Å². The largest absolute Gasteiger partial charge is 0.480 e. The van der Waals surface area contributed by atoms with Crippen LogP contribution in [0, 0.1) is 5.41 Å². The number of rotatable bonds is 5. The Balaban J connectivity index is 0.00000280. The van der Waals surface area contributed by atoms with Crippen LogP contribution < -0.4 is 10.6 Å². The number of benzene rings is 1. The zero-order valence-electron chi connectivity index (χ0n) is 16.0. The summed E-state index contributed by atoms with van der Waals surface area (Å²) in [7, 11) is 0. The number of likely N-dealkylation sites (tertiary alicyclic amines) is 1. The molecule has 1 amide bonds. The number of nitrogen functional groups attached to an aromatic ring is 1. The van der Waals surface area contributed by atoms with Crippen LogP contribution in [0.4, 0.5) is 5.69 Å². The number of piperidine rings is 1. The Bertz CT molecular complexity index is 719. The van der Waals surface area contributed by atoms with E-state index in [0.29, 0.717) is 18.2 Å². The summed E-state index contributed by atoms with van der Waals surface area (Å²) in [6.45, 7) is 4.96. The highest BCUT2D eigenvalue weighted by atomic mass is 35.5. The number of carbonyl (C=O) groups is 2. The van der Waals surface area contributed by atoms with Gasteiger partial charge >= 0.3 is 5.97 Å². The highest BCUT2D eigenvalue weighted by Gasteiger charge is 2.37. The third kappa shape index (κ3) is 4.81. The van der Waals surface area contributed by atoms with Gasteiger partial charge in [-0.1, -0.05) is 0 Å². The fourth-order valence-corrected chi connectivity index (χ4v) is 4.06. The molecule has 0 aliphatic carbocycles. The Kier molecular flexibility index (Phi) is 7.40. The van der Waals surface area contributed by atoms with Gasteiger partial charge in [-0.2, -0.15) is 0 Å². The van der Waals surface area contributed by atoms with Crippen molar-refractivity contribution in [1.29, 1.82) is 5.41 Å². The first kappa shape index (κ1) is 22.1. The zero-order chi connectivity index (χ0) is 19.6. The van der Waals surface area contributed by atoms with Gasteiger partial charge in [0.1, 0.15) is 5.84 Å². The van der Waals surface area contributed by atoms with E-state index >= 15 is 0 Å². The highest BCUT2D eigenvalue weighted by molar-refractivity contribution is 5.99. The van der Waals surface area contributed by atoms with Gasteiger partial charge in [0.05, 0.1) is 12.6 Å². The van der Waals surface area contributed by atoms with Gasteiger partial charge in [0, 0.05) is 43.5 Å². The molecule has 3 rings (SSSR count). The summed E-state index contributed by atoms with van der Waals surface area (Å²) in [4.78, 5) is 29.8. The number of nitrogens with zero attached hydrogens (tertiary/aromatic N) is 3. The number of carboxylic acid groups (broad SMARTS) is 1. The number of anilines is 1. The van der Waals surface area contributed by atoms with Gasteiger partial charge in [-0.05, 0) is 44.0 Å². The Hall–Kier alpha value is -2.16. The first-order chi connectivity index (χ1) is 12.9. The molecule has 2 fully saturated rings. The second kappa shape index (κ2) is 9.36. The fourth-order valence-electron chi connectivity index (χ4n) is 4.06. The molecule has 28 heavy (non-hydrogen) atoms. The molecule has 1 unspecified atom stereocenters. The van der Waals surface area contributed by atoms with Crippen molar-refractivity contribution < 1.29 is 14.7 Å². The maximum Gasteiger partial charge on any atom is 0.317 e. The number of amides is 1. The molecule has 2 aliphatic rings. The van der Waals surface area contributed by atoms with Gasteiger partial charge in [0.25, 0.3) is 0 Å². The lowest BCUT2D eigenvalue weighted by Gasteiger charge is -2.45. The second-order valence-corrected chi connectivity index (χ2v) is 7.27. The third-order valence-electron chi connectivity index (χ3n) is 5.58. The van der Waals surface area contributed by atoms with Gasteiger partial charge in [-0.3, -0.25) is 24.8 Å². The maximum atomic E-state index is 12.9. The summed E-state index contributed by atoms with van der Waals surface area (Å²) < 4.78 is 0. The minimum atomic E-state index is -0.790. The number of hydrogen-bond acceptors (Lipinski definition) is 5. The minimum Gasteiger partial charge on any atom is -0.480 e. The van der Waals surface area contributed by atoms with Gasteiger partial charge in [-0.25, -0.2) is 0 Å². The number of amidine groups is 1. The zero-order valence-corrected chi connectivity index (χ0v) is 16.8. The summed E-state index contributed by atoms with van der Waals surface area (Å²) >= 11 is 0. The Morgan fingerprint density at radius 2 is 1.79 bits per heavy atom. The molecule has 9 heteroatoms. The lowest BCUT2D eigenvalue weighted by molar-refractivity contribution is -0.138. The second-order valence-electron chi connectivity index (χ2n) is 7.27. The third-order valence-corrected chi connectivity index (χ3v) is 5.58.